The minimum atomic E-state index is -0.562. The Hall–Kier alpha value is -1.10. The molecule has 0 unspecified atom stereocenters. The molecule has 0 aliphatic rings. The van der Waals surface area contributed by atoms with Crippen LogP contribution in [-0.4, -0.2) is 19.6 Å². The van der Waals surface area contributed by atoms with Gasteiger partial charge in [-0.2, -0.15) is 0 Å². The largest absolute Gasteiger partial charge is 0.492 e. The van der Waals surface area contributed by atoms with Crippen molar-refractivity contribution in [3.05, 3.63) is 28.0 Å². The summed E-state index contributed by atoms with van der Waals surface area (Å²) in [6.45, 7) is 2.30. The minimum absolute atomic E-state index is 0.100. The maximum atomic E-state index is 13.4. The molecule has 0 radical (unpaired) electrons. The lowest BCUT2D eigenvalue weighted by Crippen LogP contribution is -2.22. The van der Waals surface area contributed by atoms with Gasteiger partial charge in [-0.3, -0.25) is 4.79 Å². The van der Waals surface area contributed by atoms with Crippen LogP contribution in [-0.2, 0) is 0 Å². The molecular formula is C10H11BrFNO2. The average molecular weight is 276 g/mol. The Labute approximate surface area is 95.7 Å². The number of benzene rings is 1. The third-order valence-electron chi connectivity index (χ3n) is 1.80. The molecule has 0 atom stereocenters. The highest BCUT2D eigenvalue weighted by molar-refractivity contribution is 9.10. The number of hydrogen-bond acceptors (Lipinski definition) is 2. The van der Waals surface area contributed by atoms with Crippen LogP contribution >= 0.6 is 15.9 Å². The topological polar surface area (TPSA) is 38.3 Å². The third-order valence-corrected chi connectivity index (χ3v) is 2.39. The first-order valence-electron chi connectivity index (χ1n) is 4.41. The van der Waals surface area contributed by atoms with Crippen LogP contribution in [0.25, 0.3) is 0 Å². The monoisotopic (exact) mass is 275 g/mol. The molecule has 0 aliphatic carbocycles. The predicted octanol–water partition coefficient (Wildman–Crippen LogP) is 2.35. The SMILES string of the molecule is CCNC(=O)c1cc(F)c(OC)c(Br)c1. The van der Waals surface area contributed by atoms with E-state index in [1.807, 2.05) is 0 Å². The highest BCUT2D eigenvalue weighted by atomic mass is 79.9. The number of carbonyl (C=O) groups is 1. The molecule has 1 aromatic rings. The third kappa shape index (κ3) is 2.68. The van der Waals surface area contributed by atoms with E-state index in [9.17, 15) is 9.18 Å². The molecule has 0 fully saturated rings. The van der Waals surface area contributed by atoms with Gasteiger partial charge in [-0.15, -0.1) is 0 Å². The summed E-state index contributed by atoms with van der Waals surface area (Å²) in [6, 6.07) is 2.67. The van der Waals surface area contributed by atoms with E-state index in [0.29, 0.717) is 11.0 Å². The molecule has 0 spiro atoms. The fraction of sp³-hybridized carbons (Fsp3) is 0.300. The van der Waals surface area contributed by atoms with Crippen molar-refractivity contribution in [1.82, 2.24) is 5.32 Å². The van der Waals surface area contributed by atoms with Crippen LogP contribution in [0.5, 0.6) is 5.75 Å². The summed E-state index contributed by atoms with van der Waals surface area (Å²) in [4.78, 5) is 11.4. The molecule has 1 amide bonds. The quantitative estimate of drug-likeness (QED) is 0.920. The van der Waals surface area contributed by atoms with Crippen molar-refractivity contribution in [3.63, 3.8) is 0 Å². The van der Waals surface area contributed by atoms with Crippen molar-refractivity contribution >= 4 is 21.8 Å². The van der Waals surface area contributed by atoms with Gasteiger partial charge in [0.15, 0.2) is 11.6 Å². The zero-order valence-corrected chi connectivity index (χ0v) is 10.0. The minimum Gasteiger partial charge on any atom is -0.492 e. The summed E-state index contributed by atoms with van der Waals surface area (Å²) in [7, 11) is 1.37. The molecule has 0 saturated carbocycles. The van der Waals surface area contributed by atoms with E-state index in [1.165, 1.54) is 13.2 Å². The number of ether oxygens (including phenoxy) is 1. The van der Waals surface area contributed by atoms with Gasteiger partial charge in [0.25, 0.3) is 5.91 Å². The van der Waals surface area contributed by atoms with E-state index in [1.54, 1.807) is 6.92 Å². The van der Waals surface area contributed by atoms with Crippen molar-refractivity contribution in [1.29, 1.82) is 0 Å². The lowest BCUT2D eigenvalue weighted by molar-refractivity contribution is 0.0955. The molecule has 0 saturated heterocycles. The fourth-order valence-electron chi connectivity index (χ4n) is 1.15. The molecule has 15 heavy (non-hydrogen) atoms. The maximum Gasteiger partial charge on any atom is 0.251 e. The van der Waals surface area contributed by atoms with Crippen molar-refractivity contribution in [3.8, 4) is 5.75 Å². The van der Waals surface area contributed by atoms with Crippen molar-refractivity contribution < 1.29 is 13.9 Å². The Bertz CT molecular complexity index is 359. The standard InChI is InChI=1S/C10H11BrFNO2/c1-3-13-10(14)6-4-7(11)9(15-2)8(12)5-6/h4-5H,3H2,1-2H3,(H,13,14). The van der Waals surface area contributed by atoms with Crippen LogP contribution in [0.15, 0.2) is 16.6 Å². The van der Waals surface area contributed by atoms with Gasteiger partial charge in [0, 0.05) is 12.1 Å². The average Bonchev–Trinajstić information content (AvgIpc) is 2.17. The fourth-order valence-corrected chi connectivity index (χ4v) is 1.75. The lowest BCUT2D eigenvalue weighted by Gasteiger charge is -2.07. The van der Waals surface area contributed by atoms with Gasteiger partial charge in [-0.25, -0.2) is 4.39 Å². The van der Waals surface area contributed by atoms with Gasteiger partial charge < -0.3 is 10.1 Å². The zero-order valence-electron chi connectivity index (χ0n) is 8.43. The Kier molecular flexibility index (Phi) is 4.08. The molecule has 5 heteroatoms. The highest BCUT2D eigenvalue weighted by Crippen LogP contribution is 2.29. The van der Waals surface area contributed by atoms with Crippen LogP contribution < -0.4 is 10.1 Å². The Balaban J connectivity index is 3.08. The molecule has 1 aromatic carbocycles. The Morgan fingerprint density at radius 2 is 2.27 bits per heavy atom. The number of halogens is 2. The van der Waals surface area contributed by atoms with Crippen LogP contribution in [0.3, 0.4) is 0 Å². The summed E-state index contributed by atoms with van der Waals surface area (Å²) in [5.74, 6) is -0.768. The number of carbonyl (C=O) groups excluding carboxylic acids is 1. The van der Waals surface area contributed by atoms with E-state index in [-0.39, 0.29) is 17.2 Å². The first kappa shape index (κ1) is 12.0. The second-order valence-corrected chi connectivity index (χ2v) is 3.69. The molecule has 3 nitrogen and oxygen atoms in total. The van der Waals surface area contributed by atoms with Crippen molar-refractivity contribution in [2.75, 3.05) is 13.7 Å². The molecule has 0 heterocycles. The molecule has 82 valence electrons. The lowest BCUT2D eigenvalue weighted by atomic mass is 10.2. The summed E-state index contributed by atoms with van der Waals surface area (Å²) in [5.41, 5.74) is 0.266. The summed E-state index contributed by atoms with van der Waals surface area (Å²) in [5, 5.41) is 2.59. The normalized spacial score (nSPS) is 9.87. The molecule has 1 rings (SSSR count). The molecule has 1 N–H and O–H groups in total. The van der Waals surface area contributed by atoms with Gasteiger partial charge in [0.05, 0.1) is 11.6 Å². The maximum absolute atomic E-state index is 13.4. The van der Waals surface area contributed by atoms with Gasteiger partial charge in [-0.1, -0.05) is 0 Å². The van der Waals surface area contributed by atoms with Crippen LogP contribution in [0.1, 0.15) is 17.3 Å². The van der Waals surface area contributed by atoms with E-state index >= 15 is 0 Å². The van der Waals surface area contributed by atoms with E-state index in [4.69, 9.17) is 4.74 Å². The van der Waals surface area contributed by atoms with Crippen LogP contribution in [0.4, 0.5) is 4.39 Å². The summed E-state index contributed by atoms with van der Waals surface area (Å²) >= 11 is 3.13. The number of rotatable bonds is 3. The second-order valence-electron chi connectivity index (χ2n) is 2.83. The zero-order chi connectivity index (χ0) is 11.4. The Morgan fingerprint density at radius 3 is 2.73 bits per heavy atom. The van der Waals surface area contributed by atoms with Crippen LogP contribution in [0.2, 0.25) is 0 Å². The van der Waals surface area contributed by atoms with Crippen molar-refractivity contribution in [2.45, 2.75) is 6.92 Å². The smallest absolute Gasteiger partial charge is 0.251 e. The van der Waals surface area contributed by atoms with Gasteiger partial charge in [0.2, 0.25) is 0 Å². The number of methoxy groups -OCH3 is 1. The van der Waals surface area contributed by atoms with E-state index in [0.717, 1.165) is 6.07 Å². The molecule has 0 aromatic heterocycles. The first-order chi connectivity index (χ1) is 7.10. The number of amides is 1. The molecule has 0 aliphatic heterocycles. The van der Waals surface area contributed by atoms with Crippen LogP contribution in [0, 0.1) is 5.82 Å². The summed E-state index contributed by atoms with van der Waals surface area (Å²) < 4.78 is 18.6. The number of hydrogen-bond donors (Lipinski definition) is 1. The van der Waals surface area contributed by atoms with Crippen molar-refractivity contribution in [2.24, 2.45) is 0 Å². The van der Waals surface area contributed by atoms with Gasteiger partial charge >= 0.3 is 0 Å². The highest BCUT2D eigenvalue weighted by Gasteiger charge is 2.13. The van der Waals surface area contributed by atoms with E-state index in [2.05, 4.69) is 21.2 Å². The first-order valence-corrected chi connectivity index (χ1v) is 5.20. The van der Waals surface area contributed by atoms with Gasteiger partial charge in [0.1, 0.15) is 0 Å². The summed E-state index contributed by atoms with van der Waals surface area (Å²) in [6.07, 6.45) is 0. The van der Waals surface area contributed by atoms with Gasteiger partial charge in [-0.05, 0) is 35.0 Å². The second kappa shape index (κ2) is 5.11. The molecular weight excluding hydrogens is 265 g/mol. The Morgan fingerprint density at radius 1 is 1.60 bits per heavy atom. The predicted molar refractivity (Wildman–Crippen MR) is 58.7 cm³/mol. The van der Waals surface area contributed by atoms with E-state index < -0.39 is 5.82 Å². The number of nitrogens with one attached hydrogen (secondary N) is 1. The molecule has 0 bridgehead atoms.